The first-order valence-corrected chi connectivity index (χ1v) is 8.09. The quantitative estimate of drug-likeness (QED) is 0.813. The lowest BCUT2D eigenvalue weighted by atomic mass is 10.1. The summed E-state index contributed by atoms with van der Waals surface area (Å²) >= 11 is 0. The minimum absolute atomic E-state index is 0.0776. The molecule has 0 saturated carbocycles. The van der Waals surface area contributed by atoms with Crippen LogP contribution in [0.3, 0.4) is 0 Å². The third-order valence-corrected chi connectivity index (χ3v) is 3.96. The van der Waals surface area contributed by atoms with Gasteiger partial charge in [-0.1, -0.05) is 0 Å². The Morgan fingerprint density at radius 1 is 1.54 bits per heavy atom. The molecule has 1 aliphatic heterocycles. The number of aromatic nitrogens is 3. The van der Waals surface area contributed by atoms with Crippen LogP contribution in [0.2, 0.25) is 0 Å². The molecule has 1 aliphatic rings. The number of hydrogen-bond donors (Lipinski definition) is 1. The van der Waals surface area contributed by atoms with Crippen LogP contribution in [0.1, 0.15) is 16.9 Å². The Morgan fingerprint density at radius 2 is 2.42 bits per heavy atom. The molecule has 3 heterocycles. The van der Waals surface area contributed by atoms with Crippen molar-refractivity contribution in [3.8, 4) is 0 Å². The highest BCUT2D eigenvalue weighted by molar-refractivity contribution is 5.93. The molecule has 0 spiro atoms. The highest BCUT2D eigenvalue weighted by atomic mass is 16.5. The first kappa shape index (κ1) is 16.8. The Labute approximate surface area is 140 Å². The number of nitrogens with one attached hydrogen (secondary N) is 1. The summed E-state index contributed by atoms with van der Waals surface area (Å²) in [6.07, 6.45) is 4.02. The monoisotopic (exact) mass is 333 g/mol. The van der Waals surface area contributed by atoms with Crippen LogP contribution >= 0.6 is 0 Å². The Bertz CT molecular complexity index is 654. The number of hydrogen-bond acceptors (Lipinski definition) is 6. The number of carbonyl (C=O) groups excluding carboxylic acids is 1. The Hall–Kier alpha value is -2.03. The summed E-state index contributed by atoms with van der Waals surface area (Å²) < 4.78 is 13.0. The number of nitrogens with zero attached hydrogens (tertiary/aromatic N) is 4. The van der Waals surface area contributed by atoms with Crippen LogP contribution in [0, 0.1) is 0 Å². The number of likely N-dealkylation sites (N-methyl/N-ethyl adjacent to an activating group) is 1. The molecule has 2 atom stereocenters. The van der Waals surface area contributed by atoms with Crippen molar-refractivity contribution in [2.45, 2.75) is 18.6 Å². The molecule has 0 unspecified atom stereocenters. The topological polar surface area (TPSA) is 81.0 Å². The van der Waals surface area contributed by atoms with Gasteiger partial charge in [-0.05, 0) is 26.6 Å². The van der Waals surface area contributed by atoms with E-state index in [1.54, 1.807) is 29.0 Å². The fourth-order valence-electron chi connectivity index (χ4n) is 2.61. The van der Waals surface area contributed by atoms with Crippen molar-refractivity contribution in [1.29, 1.82) is 0 Å². The van der Waals surface area contributed by atoms with Gasteiger partial charge < -0.3 is 19.7 Å². The average Bonchev–Trinajstić information content (AvgIpc) is 3.00. The number of fused-ring (bicyclic) bond motifs is 1. The van der Waals surface area contributed by atoms with Gasteiger partial charge in [0.25, 0.3) is 5.91 Å². The summed E-state index contributed by atoms with van der Waals surface area (Å²) in [6.45, 7) is 2.54. The molecule has 1 fully saturated rings. The van der Waals surface area contributed by atoms with Crippen molar-refractivity contribution < 1.29 is 14.3 Å². The Kier molecular flexibility index (Phi) is 5.39. The Balaban J connectivity index is 1.62. The molecule has 8 heteroatoms. The van der Waals surface area contributed by atoms with E-state index in [0.717, 1.165) is 13.0 Å². The van der Waals surface area contributed by atoms with Crippen molar-refractivity contribution >= 4 is 11.6 Å². The smallest absolute Gasteiger partial charge is 0.272 e. The molecule has 2 aromatic rings. The summed E-state index contributed by atoms with van der Waals surface area (Å²) in [5, 5.41) is 7.28. The van der Waals surface area contributed by atoms with Gasteiger partial charge >= 0.3 is 0 Å². The molecule has 0 aromatic carbocycles. The van der Waals surface area contributed by atoms with E-state index in [-0.39, 0.29) is 18.1 Å². The molecule has 1 saturated heterocycles. The highest BCUT2D eigenvalue weighted by Crippen LogP contribution is 2.13. The van der Waals surface area contributed by atoms with Gasteiger partial charge in [0.15, 0.2) is 11.3 Å². The van der Waals surface area contributed by atoms with E-state index < -0.39 is 0 Å². The van der Waals surface area contributed by atoms with Gasteiger partial charge in [-0.25, -0.2) is 9.50 Å². The van der Waals surface area contributed by atoms with Crippen LogP contribution in [-0.4, -0.2) is 78.0 Å². The zero-order valence-corrected chi connectivity index (χ0v) is 14.0. The fraction of sp³-hybridized carbons (Fsp3) is 0.562. The maximum Gasteiger partial charge on any atom is 0.272 e. The van der Waals surface area contributed by atoms with Crippen molar-refractivity contribution in [2.75, 3.05) is 40.5 Å². The number of carbonyl (C=O) groups is 1. The number of ether oxygens (including phenoxy) is 2. The maximum atomic E-state index is 12.5. The van der Waals surface area contributed by atoms with E-state index >= 15 is 0 Å². The molecular formula is C16H23N5O3. The first-order chi connectivity index (χ1) is 11.6. The second-order valence-corrected chi connectivity index (χ2v) is 6.11. The highest BCUT2D eigenvalue weighted by Gasteiger charge is 2.28. The second kappa shape index (κ2) is 7.69. The largest absolute Gasteiger partial charge is 0.379 e. The summed E-state index contributed by atoms with van der Waals surface area (Å²) in [5.74, 6) is -0.214. The molecule has 130 valence electrons. The van der Waals surface area contributed by atoms with Gasteiger partial charge in [0.1, 0.15) is 6.10 Å². The van der Waals surface area contributed by atoms with Gasteiger partial charge in [0.2, 0.25) is 0 Å². The fourth-order valence-corrected chi connectivity index (χ4v) is 2.61. The summed E-state index contributed by atoms with van der Waals surface area (Å²) in [4.78, 5) is 18.7. The standard InChI is InChI=1S/C16H23N5O3/c1-20(2)7-9-24-14-11-23-8-4-12(14)18-16(22)13-10-15-17-5-3-6-21(15)19-13/h3,5-6,10,12,14H,4,7-9,11H2,1-2H3,(H,18,22)/t12-,14-/m1/s1. The molecule has 3 rings (SSSR count). The lowest BCUT2D eigenvalue weighted by molar-refractivity contribution is -0.0691. The first-order valence-electron chi connectivity index (χ1n) is 8.09. The molecule has 24 heavy (non-hydrogen) atoms. The molecule has 8 nitrogen and oxygen atoms in total. The van der Waals surface area contributed by atoms with Gasteiger partial charge in [-0.15, -0.1) is 0 Å². The predicted octanol–water partition coefficient (Wildman–Crippen LogP) is 0.195. The molecular weight excluding hydrogens is 310 g/mol. The van der Waals surface area contributed by atoms with Gasteiger partial charge in [-0.3, -0.25) is 4.79 Å². The SMILES string of the molecule is CN(C)CCO[C@@H]1COCC[C@H]1NC(=O)c1cc2ncccn2n1. The van der Waals surface area contributed by atoms with Crippen molar-refractivity contribution in [2.24, 2.45) is 0 Å². The zero-order valence-electron chi connectivity index (χ0n) is 14.0. The molecule has 1 amide bonds. The van der Waals surface area contributed by atoms with Crippen LogP contribution in [0.5, 0.6) is 0 Å². The average molecular weight is 333 g/mol. The molecule has 0 radical (unpaired) electrons. The third-order valence-electron chi connectivity index (χ3n) is 3.96. The van der Waals surface area contributed by atoms with Crippen molar-refractivity contribution in [3.05, 3.63) is 30.2 Å². The number of amides is 1. The molecule has 0 aliphatic carbocycles. The van der Waals surface area contributed by atoms with Crippen molar-refractivity contribution in [1.82, 2.24) is 24.8 Å². The zero-order chi connectivity index (χ0) is 16.9. The van der Waals surface area contributed by atoms with Gasteiger partial charge in [-0.2, -0.15) is 5.10 Å². The molecule has 1 N–H and O–H groups in total. The van der Waals surface area contributed by atoms with E-state index in [0.29, 0.717) is 31.2 Å². The van der Waals surface area contributed by atoms with Crippen LogP contribution < -0.4 is 5.32 Å². The summed E-state index contributed by atoms with van der Waals surface area (Å²) in [5.41, 5.74) is 1.00. The minimum Gasteiger partial charge on any atom is -0.379 e. The van der Waals surface area contributed by atoms with E-state index in [1.807, 2.05) is 14.1 Å². The van der Waals surface area contributed by atoms with Gasteiger partial charge in [0, 0.05) is 31.6 Å². The van der Waals surface area contributed by atoms with E-state index in [4.69, 9.17) is 9.47 Å². The lowest BCUT2D eigenvalue weighted by Gasteiger charge is -2.32. The molecule has 0 bridgehead atoms. The van der Waals surface area contributed by atoms with Crippen LogP contribution in [0.4, 0.5) is 0 Å². The van der Waals surface area contributed by atoms with Crippen LogP contribution in [0.15, 0.2) is 24.5 Å². The van der Waals surface area contributed by atoms with Crippen LogP contribution in [-0.2, 0) is 9.47 Å². The third kappa shape index (κ3) is 4.08. The maximum absolute atomic E-state index is 12.5. The summed E-state index contributed by atoms with van der Waals surface area (Å²) in [7, 11) is 3.99. The Morgan fingerprint density at radius 3 is 3.21 bits per heavy atom. The number of rotatable bonds is 6. The normalized spacial score (nSPS) is 21.3. The van der Waals surface area contributed by atoms with E-state index in [1.165, 1.54) is 0 Å². The van der Waals surface area contributed by atoms with E-state index in [9.17, 15) is 4.79 Å². The van der Waals surface area contributed by atoms with Crippen LogP contribution in [0.25, 0.3) is 5.65 Å². The molecule has 2 aromatic heterocycles. The lowest BCUT2D eigenvalue weighted by Crippen LogP contribution is -2.50. The minimum atomic E-state index is -0.214. The predicted molar refractivity (Wildman–Crippen MR) is 88.0 cm³/mol. The van der Waals surface area contributed by atoms with E-state index in [2.05, 4.69) is 20.3 Å². The summed E-state index contributed by atoms with van der Waals surface area (Å²) in [6, 6.07) is 3.37. The van der Waals surface area contributed by atoms with Gasteiger partial charge in [0.05, 0.1) is 19.3 Å². The second-order valence-electron chi connectivity index (χ2n) is 6.11. The van der Waals surface area contributed by atoms with Crippen molar-refractivity contribution in [3.63, 3.8) is 0 Å².